The van der Waals surface area contributed by atoms with Crippen molar-refractivity contribution in [2.45, 2.75) is 52.1 Å². The van der Waals surface area contributed by atoms with Gasteiger partial charge in [-0.2, -0.15) is 0 Å². The SMILES string of the molecule is CCCCCC(C)Nc1nnc(CNC)o1. The van der Waals surface area contributed by atoms with Crippen molar-refractivity contribution in [2.24, 2.45) is 0 Å². The number of rotatable bonds is 8. The van der Waals surface area contributed by atoms with E-state index in [0.29, 0.717) is 24.5 Å². The lowest BCUT2D eigenvalue weighted by Crippen LogP contribution is -2.15. The highest BCUT2D eigenvalue weighted by Gasteiger charge is 2.08. The number of hydrogen-bond acceptors (Lipinski definition) is 5. The van der Waals surface area contributed by atoms with Crippen molar-refractivity contribution >= 4 is 6.01 Å². The van der Waals surface area contributed by atoms with Gasteiger partial charge >= 0.3 is 6.01 Å². The molecule has 5 nitrogen and oxygen atoms in total. The standard InChI is InChI=1S/C11H22N4O/c1-4-5-6-7-9(2)13-11-15-14-10(16-11)8-12-3/h9,12H,4-8H2,1-3H3,(H,13,15). The molecule has 0 fully saturated rings. The van der Waals surface area contributed by atoms with Gasteiger partial charge in [0.25, 0.3) is 0 Å². The minimum atomic E-state index is 0.384. The zero-order chi connectivity index (χ0) is 11.8. The van der Waals surface area contributed by atoms with E-state index in [2.05, 4.69) is 34.7 Å². The molecule has 0 aliphatic heterocycles. The molecule has 5 heteroatoms. The van der Waals surface area contributed by atoms with E-state index in [1.165, 1.54) is 19.3 Å². The second-order valence-electron chi connectivity index (χ2n) is 4.07. The van der Waals surface area contributed by atoms with Crippen molar-refractivity contribution in [2.75, 3.05) is 12.4 Å². The Bertz CT molecular complexity index is 287. The Balaban J connectivity index is 2.28. The van der Waals surface area contributed by atoms with E-state index in [-0.39, 0.29) is 0 Å². The zero-order valence-corrected chi connectivity index (χ0v) is 10.4. The van der Waals surface area contributed by atoms with Gasteiger partial charge in [-0.15, -0.1) is 5.10 Å². The molecular weight excluding hydrogens is 204 g/mol. The summed E-state index contributed by atoms with van der Waals surface area (Å²) >= 11 is 0. The minimum Gasteiger partial charge on any atom is -0.407 e. The first-order valence-electron chi connectivity index (χ1n) is 5.99. The second kappa shape index (κ2) is 7.22. The lowest BCUT2D eigenvalue weighted by atomic mass is 10.1. The van der Waals surface area contributed by atoms with E-state index in [4.69, 9.17) is 4.42 Å². The van der Waals surface area contributed by atoms with Gasteiger partial charge in [0.2, 0.25) is 5.89 Å². The summed E-state index contributed by atoms with van der Waals surface area (Å²) in [5, 5.41) is 14.0. The van der Waals surface area contributed by atoms with Crippen LogP contribution >= 0.6 is 0 Å². The lowest BCUT2D eigenvalue weighted by molar-refractivity contribution is 0.481. The molecule has 0 aromatic carbocycles. The van der Waals surface area contributed by atoms with Crippen LogP contribution in [0.25, 0.3) is 0 Å². The predicted molar refractivity (Wildman–Crippen MR) is 64.3 cm³/mol. The molecule has 1 aromatic rings. The average molecular weight is 226 g/mol. The van der Waals surface area contributed by atoms with Crippen LogP contribution in [0.2, 0.25) is 0 Å². The van der Waals surface area contributed by atoms with Crippen molar-refractivity contribution in [3.8, 4) is 0 Å². The molecular formula is C11H22N4O. The highest BCUT2D eigenvalue weighted by atomic mass is 16.4. The highest BCUT2D eigenvalue weighted by Crippen LogP contribution is 2.10. The van der Waals surface area contributed by atoms with Crippen LogP contribution in [0.15, 0.2) is 4.42 Å². The third-order valence-electron chi connectivity index (χ3n) is 2.41. The molecule has 0 aliphatic rings. The van der Waals surface area contributed by atoms with Crippen molar-refractivity contribution in [1.82, 2.24) is 15.5 Å². The summed E-state index contributed by atoms with van der Waals surface area (Å²) in [4.78, 5) is 0. The largest absolute Gasteiger partial charge is 0.407 e. The Morgan fingerprint density at radius 1 is 1.31 bits per heavy atom. The topological polar surface area (TPSA) is 63.0 Å². The first kappa shape index (κ1) is 13.0. The fraction of sp³-hybridized carbons (Fsp3) is 0.818. The second-order valence-corrected chi connectivity index (χ2v) is 4.07. The van der Waals surface area contributed by atoms with E-state index in [0.717, 1.165) is 6.42 Å². The molecule has 16 heavy (non-hydrogen) atoms. The molecule has 1 rings (SSSR count). The van der Waals surface area contributed by atoms with E-state index < -0.39 is 0 Å². The van der Waals surface area contributed by atoms with Gasteiger partial charge in [-0.25, -0.2) is 0 Å². The van der Waals surface area contributed by atoms with Gasteiger partial charge in [0.15, 0.2) is 0 Å². The van der Waals surface area contributed by atoms with Gasteiger partial charge in [-0.1, -0.05) is 31.3 Å². The smallest absolute Gasteiger partial charge is 0.315 e. The Hall–Kier alpha value is -1.10. The van der Waals surface area contributed by atoms with E-state index in [9.17, 15) is 0 Å². The van der Waals surface area contributed by atoms with Crippen LogP contribution < -0.4 is 10.6 Å². The molecule has 0 spiro atoms. The Morgan fingerprint density at radius 3 is 2.81 bits per heavy atom. The summed E-state index contributed by atoms with van der Waals surface area (Å²) in [6, 6.07) is 0.906. The minimum absolute atomic E-state index is 0.384. The Kier molecular flexibility index (Phi) is 5.85. The molecule has 0 bridgehead atoms. The van der Waals surface area contributed by atoms with E-state index in [1.54, 1.807) is 0 Å². The summed E-state index contributed by atoms with van der Waals surface area (Å²) in [6.45, 7) is 4.95. The van der Waals surface area contributed by atoms with Crippen molar-refractivity contribution in [1.29, 1.82) is 0 Å². The molecule has 1 unspecified atom stereocenters. The number of nitrogens with zero attached hydrogens (tertiary/aromatic N) is 2. The normalized spacial score (nSPS) is 12.7. The maximum atomic E-state index is 5.41. The summed E-state index contributed by atoms with van der Waals surface area (Å²) in [7, 11) is 1.85. The molecule has 1 heterocycles. The van der Waals surface area contributed by atoms with E-state index >= 15 is 0 Å². The van der Waals surface area contributed by atoms with Crippen molar-refractivity contribution in [3.63, 3.8) is 0 Å². The van der Waals surface area contributed by atoms with Crippen molar-refractivity contribution in [3.05, 3.63) is 5.89 Å². The van der Waals surface area contributed by atoms with Gasteiger partial charge in [0, 0.05) is 6.04 Å². The third-order valence-corrected chi connectivity index (χ3v) is 2.41. The molecule has 1 aromatic heterocycles. The van der Waals surface area contributed by atoms with Crippen molar-refractivity contribution < 1.29 is 4.42 Å². The van der Waals surface area contributed by atoms with Gasteiger partial charge < -0.3 is 15.1 Å². The van der Waals surface area contributed by atoms with Crippen LogP contribution in [-0.2, 0) is 6.54 Å². The fourth-order valence-electron chi connectivity index (χ4n) is 1.52. The molecule has 92 valence electrons. The summed E-state index contributed by atoms with van der Waals surface area (Å²) < 4.78 is 5.41. The van der Waals surface area contributed by atoms with Crippen LogP contribution in [0.1, 0.15) is 45.4 Å². The maximum absolute atomic E-state index is 5.41. The fourth-order valence-corrected chi connectivity index (χ4v) is 1.52. The molecule has 2 N–H and O–H groups in total. The number of anilines is 1. The third kappa shape index (κ3) is 4.61. The number of aromatic nitrogens is 2. The van der Waals surface area contributed by atoms with Gasteiger partial charge in [0.1, 0.15) is 0 Å². The monoisotopic (exact) mass is 226 g/mol. The first-order valence-corrected chi connectivity index (χ1v) is 5.99. The summed E-state index contributed by atoms with van der Waals surface area (Å²) in [6.07, 6.45) is 4.90. The molecule has 0 saturated heterocycles. The van der Waals surface area contributed by atoms with Crippen LogP contribution in [0.4, 0.5) is 6.01 Å². The van der Waals surface area contributed by atoms with Gasteiger partial charge in [-0.3, -0.25) is 0 Å². The van der Waals surface area contributed by atoms with Gasteiger partial charge in [-0.05, 0) is 20.4 Å². The summed E-state index contributed by atoms with van der Waals surface area (Å²) in [5.41, 5.74) is 0. The quantitative estimate of drug-likeness (QED) is 0.665. The van der Waals surface area contributed by atoms with Crippen LogP contribution in [0.5, 0.6) is 0 Å². The van der Waals surface area contributed by atoms with E-state index in [1.807, 2.05) is 7.05 Å². The average Bonchev–Trinajstić information content (AvgIpc) is 2.66. The molecule has 0 radical (unpaired) electrons. The van der Waals surface area contributed by atoms with Crippen LogP contribution in [0.3, 0.4) is 0 Å². The Morgan fingerprint density at radius 2 is 2.12 bits per heavy atom. The molecule has 0 aliphatic carbocycles. The van der Waals surface area contributed by atoms with Gasteiger partial charge in [0.05, 0.1) is 6.54 Å². The Labute approximate surface area is 97.0 Å². The molecule has 0 saturated carbocycles. The highest BCUT2D eigenvalue weighted by molar-refractivity contribution is 5.18. The zero-order valence-electron chi connectivity index (χ0n) is 10.4. The molecule has 0 amide bonds. The van der Waals surface area contributed by atoms with Crippen LogP contribution in [0, 0.1) is 0 Å². The molecule has 1 atom stereocenters. The summed E-state index contributed by atoms with van der Waals surface area (Å²) in [5.74, 6) is 0.616. The maximum Gasteiger partial charge on any atom is 0.315 e. The predicted octanol–water partition coefficient (Wildman–Crippen LogP) is 2.17. The van der Waals surface area contributed by atoms with Crippen LogP contribution in [-0.4, -0.2) is 23.3 Å². The first-order chi connectivity index (χ1) is 7.76. The number of nitrogens with one attached hydrogen (secondary N) is 2. The number of unbranched alkanes of at least 4 members (excludes halogenated alkanes) is 2. The number of hydrogen-bond donors (Lipinski definition) is 2. The lowest BCUT2D eigenvalue weighted by Gasteiger charge is -2.10.